The number of halogens is 1. The largest absolute Gasteiger partial charge is 0.368 e. The summed E-state index contributed by atoms with van der Waals surface area (Å²) in [4.78, 5) is 2.48. The lowest BCUT2D eigenvalue weighted by molar-refractivity contribution is 0.390. The second-order valence-electron chi connectivity index (χ2n) is 5.16. The molecule has 1 heterocycles. The van der Waals surface area contributed by atoms with Gasteiger partial charge in [-0.1, -0.05) is 18.5 Å². The highest BCUT2D eigenvalue weighted by Gasteiger charge is 2.24. The molecule has 0 aromatic heterocycles. The molecule has 17 heavy (non-hydrogen) atoms. The van der Waals surface area contributed by atoms with E-state index in [1.54, 1.807) is 0 Å². The van der Waals surface area contributed by atoms with Gasteiger partial charge in [0.25, 0.3) is 0 Å². The monoisotopic (exact) mass is 252 g/mol. The van der Waals surface area contributed by atoms with Crippen LogP contribution in [-0.2, 0) is 6.54 Å². The second-order valence-corrected chi connectivity index (χ2v) is 5.60. The Bertz CT molecular complexity index is 392. The summed E-state index contributed by atoms with van der Waals surface area (Å²) in [7, 11) is 0. The van der Waals surface area contributed by atoms with Gasteiger partial charge in [-0.15, -0.1) is 0 Å². The van der Waals surface area contributed by atoms with E-state index in [1.807, 2.05) is 12.1 Å². The van der Waals surface area contributed by atoms with Gasteiger partial charge in [0.05, 0.1) is 0 Å². The Balaban J connectivity index is 2.31. The molecule has 3 heteroatoms. The molecule has 94 valence electrons. The first-order valence-corrected chi connectivity index (χ1v) is 6.74. The molecule has 0 amide bonds. The van der Waals surface area contributed by atoms with E-state index in [2.05, 4.69) is 24.8 Å². The quantitative estimate of drug-likeness (QED) is 0.874. The molecule has 0 spiro atoms. The third-order valence-electron chi connectivity index (χ3n) is 3.69. The number of piperidine rings is 1. The van der Waals surface area contributed by atoms with E-state index in [0.29, 0.717) is 12.6 Å². The fourth-order valence-electron chi connectivity index (χ4n) is 2.62. The first-order chi connectivity index (χ1) is 8.11. The molecule has 0 radical (unpaired) electrons. The van der Waals surface area contributed by atoms with Crippen LogP contribution in [0.15, 0.2) is 18.2 Å². The summed E-state index contributed by atoms with van der Waals surface area (Å²) in [5.41, 5.74) is 8.23. The summed E-state index contributed by atoms with van der Waals surface area (Å²) in [5, 5.41) is 0.770. The second kappa shape index (κ2) is 5.28. The maximum Gasteiger partial charge on any atom is 0.0415 e. The van der Waals surface area contributed by atoms with E-state index in [-0.39, 0.29) is 0 Å². The number of nitrogens with zero attached hydrogens (tertiary/aromatic N) is 1. The highest BCUT2D eigenvalue weighted by atomic mass is 35.5. The van der Waals surface area contributed by atoms with Crippen LogP contribution in [-0.4, -0.2) is 12.6 Å². The minimum Gasteiger partial charge on any atom is -0.368 e. The van der Waals surface area contributed by atoms with Crippen molar-refractivity contribution in [3.05, 3.63) is 28.8 Å². The number of nitrogens with two attached hydrogens (primary N) is 1. The first-order valence-electron chi connectivity index (χ1n) is 6.37. The Morgan fingerprint density at radius 1 is 1.35 bits per heavy atom. The summed E-state index contributed by atoms with van der Waals surface area (Å²) in [6.07, 6.45) is 2.58. The summed E-state index contributed by atoms with van der Waals surface area (Å²) in [5.74, 6) is 0.757. The lowest BCUT2D eigenvalue weighted by Crippen LogP contribution is -2.41. The van der Waals surface area contributed by atoms with Crippen LogP contribution in [0.2, 0.25) is 5.02 Å². The van der Waals surface area contributed by atoms with Crippen molar-refractivity contribution in [2.45, 2.75) is 39.3 Å². The molecule has 0 saturated carbocycles. The van der Waals surface area contributed by atoms with Gasteiger partial charge < -0.3 is 10.6 Å². The average Bonchev–Trinajstić information content (AvgIpc) is 2.32. The molecule has 1 aliphatic heterocycles. The predicted molar refractivity (Wildman–Crippen MR) is 74.5 cm³/mol. The van der Waals surface area contributed by atoms with E-state index in [1.165, 1.54) is 18.5 Å². The molecule has 2 nitrogen and oxygen atoms in total. The zero-order chi connectivity index (χ0) is 12.4. The maximum absolute atomic E-state index is 6.03. The molecular weight excluding hydrogens is 232 g/mol. The average molecular weight is 253 g/mol. The normalized spacial score (nSPS) is 25.1. The molecule has 2 atom stereocenters. The molecule has 1 aromatic carbocycles. The molecule has 1 aromatic rings. The van der Waals surface area contributed by atoms with Gasteiger partial charge in [0.1, 0.15) is 0 Å². The molecule has 2 N–H and O–H groups in total. The minimum absolute atomic E-state index is 0.549. The van der Waals surface area contributed by atoms with Crippen LogP contribution in [0.25, 0.3) is 0 Å². The molecule has 1 aliphatic rings. The lowest BCUT2D eigenvalue weighted by atomic mass is 9.94. The van der Waals surface area contributed by atoms with Crippen LogP contribution in [0.1, 0.15) is 32.3 Å². The van der Waals surface area contributed by atoms with Gasteiger partial charge in [0, 0.05) is 29.8 Å². The Hall–Kier alpha value is -0.730. The Morgan fingerprint density at radius 2 is 2.12 bits per heavy atom. The zero-order valence-electron chi connectivity index (χ0n) is 10.6. The highest BCUT2D eigenvalue weighted by Crippen LogP contribution is 2.31. The van der Waals surface area contributed by atoms with Gasteiger partial charge in [-0.2, -0.15) is 0 Å². The van der Waals surface area contributed by atoms with Crippen molar-refractivity contribution in [1.29, 1.82) is 0 Å². The minimum atomic E-state index is 0.549. The summed E-state index contributed by atoms with van der Waals surface area (Å²) in [6, 6.07) is 6.65. The summed E-state index contributed by atoms with van der Waals surface area (Å²) >= 11 is 6.03. The number of anilines is 1. The highest BCUT2D eigenvalue weighted by molar-refractivity contribution is 6.30. The zero-order valence-corrected chi connectivity index (χ0v) is 11.4. The number of benzene rings is 1. The van der Waals surface area contributed by atoms with Gasteiger partial charge in [-0.25, -0.2) is 0 Å². The van der Waals surface area contributed by atoms with Crippen molar-refractivity contribution in [3.8, 4) is 0 Å². The van der Waals surface area contributed by atoms with Gasteiger partial charge in [0.2, 0.25) is 0 Å². The Labute approximate surface area is 109 Å². The number of rotatable bonds is 2. The molecule has 1 saturated heterocycles. The van der Waals surface area contributed by atoms with Crippen molar-refractivity contribution < 1.29 is 0 Å². The molecule has 0 bridgehead atoms. The first kappa shape index (κ1) is 12.7. The number of hydrogen-bond donors (Lipinski definition) is 1. The molecule has 0 aliphatic carbocycles. The van der Waals surface area contributed by atoms with Gasteiger partial charge in [0.15, 0.2) is 0 Å². The van der Waals surface area contributed by atoms with Crippen molar-refractivity contribution in [1.82, 2.24) is 0 Å². The lowest BCUT2D eigenvalue weighted by Gasteiger charge is -2.39. The topological polar surface area (TPSA) is 29.3 Å². The van der Waals surface area contributed by atoms with Crippen LogP contribution in [0, 0.1) is 5.92 Å². The maximum atomic E-state index is 6.03. The van der Waals surface area contributed by atoms with E-state index in [0.717, 1.165) is 23.0 Å². The van der Waals surface area contributed by atoms with E-state index in [9.17, 15) is 0 Å². The Kier molecular flexibility index (Phi) is 3.95. The van der Waals surface area contributed by atoms with Crippen LogP contribution in [0.5, 0.6) is 0 Å². The molecule has 1 fully saturated rings. The van der Waals surface area contributed by atoms with Crippen LogP contribution < -0.4 is 10.6 Å². The van der Waals surface area contributed by atoms with Crippen LogP contribution >= 0.6 is 11.6 Å². The van der Waals surface area contributed by atoms with Gasteiger partial charge in [-0.3, -0.25) is 0 Å². The van der Waals surface area contributed by atoms with Crippen molar-refractivity contribution in [2.24, 2.45) is 11.7 Å². The summed E-state index contributed by atoms with van der Waals surface area (Å²) < 4.78 is 0. The molecule has 2 unspecified atom stereocenters. The fraction of sp³-hybridized carbons (Fsp3) is 0.571. The van der Waals surface area contributed by atoms with Crippen molar-refractivity contribution >= 4 is 17.3 Å². The smallest absolute Gasteiger partial charge is 0.0415 e. The summed E-state index contributed by atoms with van der Waals surface area (Å²) in [6.45, 7) is 6.28. The SMILES string of the molecule is CC1CCC(C)N(c2ccc(Cl)cc2CN)C1. The third-order valence-corrected chi connectivity index (χ3v) is 3.92. The van der Waals surface area contributed by atoms with Gasteiger partial charge in [-0.05, 0) is 49.4 Å². The standard InChI is InChI=1S/C14H21ClN2/c1-10-3-4-11(2)17(9-10)14-6-5-13(15)7-12(14)8-16/h5-7,10-11H,3-4,8-9,16H2,1-2H3. The van der Waals surface area contributed by atoms with E-state index in [4.69, 9.17) is 17.3 Å². The predicted octanol–water partition coefficient (Wildman–Crippen LogP) is 3.42. The third kappa shape index (κ3) is 2.75. The molecular formula is C14H21ClN2. The van der Waals surface area contributed by atoms with Crippen molar-refractivity contribution in [2.75, 3.05) is 11.4 Å². The number of hydrogen-bond acceptors (Lipinski definition) is 2. The van der Waals surface area contributed by atoms with Crippen LogP contribution in [0.4, 0.5) is 5.69 Å². The van der Waals surface area contributed by atoms with Crippen LogP contribution in [0.3, 0.4) is 0 Å². The van der Waals surface area contributed by atoms with Crippen molar-refractivity contribution in [3.63, 3.8) is 0 Å². The fourth-order valence-corrected chi connectivity index (χ4v) is 2.82. The Morgan fingerprint density at radius 3 is 2.82 bits per heavy atom. The van der Waals surface area contributed by atoms with E-state index < -0.39 is 0 Å². The molecule has 2 rings (SSSR count). The van der Waals surface area contributed by atoms with Gasteiger partial charge >= 0.3 is 0 Å². The van der Waals surface area contributed by atoms with E-state index >= 15 is 0 Å².